The molecule has 0 atom stereocenters. The molecule has 0 bridgehead atoms. The molecule has 0 aromatic rings. The molecule has 4 N–H and O–H groups in total. The summed E-state index contributed by atoms with van der Waals surface area (Å²) in [6.07, 6.45) is 18.8. The van der Waals surface area contributed by atoms with Crippen LogP contribution in [0.4, 0.5) is 0 Å². The first-order valence-corrected chi connectivity index (χ1v) is 11.4. The molecule has 0 aliphatic heterocycles. The smallest absolute Gasteiger partial charge is 0.220 e. The zero-order chi connectivity index (χ0) is 19.4. The molecule has 5 nitrogen and oxygen atoms in total. The molecule has 0 saturated heterocycles. The first-order chi connectivity index (χ1) is 13.1. The summed E-state index contributed by atoms with van der Waals surface area (Å²) < 4.78 is 5.85. The van der Waals surface area contributed by atoms with Crippen molar-refractivity contribution in [2.75, 3.05) is 13.2 Å². The number of nitrogens with two attached hydrogens (primary N) is 1. The highest BCUT2D eigenvalue weighted by molar-refractivity contribution is 5.94. The quantitative estimate of drug-likeness (QED) is 0.197. The highest BCUT2D eigenvalue weighted by Gasteiger charge is 2.47. The number of amidine groups is 1. The van der Waals surface area contributed by atoms with Crippen molar-refractivity contribution in [3.8, 4) is 0 Å². The van der Waals surface area contributed by atoms with Crippen molar-refractivity contribution >= 4 is 24.1 Å². The van der Waals surface area contributed by atoms with Gasteiger partial charge >= 0.3 is 0 Å². The highest BCUT2D eigenvalue weighted by Crippen LogP contribution is 2.35. The van der Waals surface area contributed by atoms with Gasteiger partial charge in [-0.15, -0.1) is 12.4 Å². The Balaban J connectivity index is 0.00000392. The molecule has 0 aromatic heterocycles. The highest BCUT2D eigenvalue weighted by atomic mass is 35.5. The van der Waals surface area contributed by atoms with Crippen LogP contribution >= 0.6 is 12.4 Å². The van der Waals surface area contributed by atoms with Gasteiger partial charge in [0.25, 0.3) is 0 Å². The molecule has 0 spiro atoms. The molecule has 0 heterocycles. The number of hydrogen-bond donors (Lipinski definition) is 3. The number of hydrogen-bond acceptors (Lipinski definition) is 3. The fourth-order valence-corrected chi connectivity index (χ4v) is 4.07. The van der Waals surface area contributed by atoms with Crippen LogP contribution in [0.25, 0.3) is 0 Å². The predicted molar refractivity (Wildman–Crippen MR) is 118 cm³/mol. The summed E-state index contributed by atoms with van der Waals surface area (Å²) in [6.45, 7) is 1.93. The van der Waals surface area contributed by atoms with E-state index in [1.54, 1.807) is 0 Å². The molecule has 2 fully saturated rings. The molecule has 2 aliphatic carbocycles. The zero-order valence-corrected chi connectivity index (χ0v) is 18.4. The Labute approximate surface area is 177 Å². The third-order valence-corrected chi connectivity index (χ3v) is 6.17. The zero-order valence-electron chi connectivity index (χ0n) is 17.6. The fourth-order valence-electron chi connectivity index (χ4n) is 4.07. The van der Waals surface area contributed by atoms with Crippen LogP contribution in [-0.2, 0) is 9.53 Å². The van der Waals surface area contributed by atoms with E-state index in [4.69, 9.17) is 15.9 Å². The van der Waals surface area contributed by atoms with E-state index in [-0.39, 0.29) is 24.1 Å². The van der Waals surface area contributed by atoms with E-state index in [1.807, 2.05) is 0 Å². The van der Waals surface area contributed by atoms with Crippen molar-refractivity contribution in [1.82, 2.24) is 5.32 Å². The summed E-state index contributed by atoms with van der Waals surface area (Å²) in [7, 11) is 0. The van der Waals surface area contributed by atoms with Crippen LogP contribution in [0.3, 0.4) is 0 Å². The maximum Gasteiger partial charge on any atom is 0.220 e. The normalized spacial score (nSPS) is 18.3. The van der Waals surface area contributed by atoms with Crippen LogP contribution in [0.5, 0.6) is 0 Å². The van der Waals surface area contributed by atoms with Gasteiger partial charge in [0, 0.05) is 19.6 Å². The Bertz CT molecular complexity index is 449. The van der Waals surface area contributed by atoms with Crippen LogP contribution in [0.1, 0.15) is 103 Å². The Hall–Kier alpha value is -0.810. The largest absolute Gasteiger partial charge is 0.386 e. The van der Waals surface area contributed by atoms with E-state index in [1.165, 1.54) is 70.6 Å². The standard InChI is InChI=1S/C22H41N3O2.ClH/c23-21(24)22(15-16-22)25-20(26)14-10-5-3-1-2-4-6-11-17-27-18-19-12-8-7-9-13-19;/h19H,1-18H2,(H3,23,24)(H,25,26);1H. The van der Waals surface area contributed by atoms with E-state index in [0.29, 0.717) is 6.42 Å². The average molecular weight is 416 g/mol. The second-order valence-electron chi connectivity index (χ2n) is 8.70. The number of carbonyl (C=O) groups excluding carboxylic acids is 1. The van der Waals surface area contributed by atoms with Crippen molar-refractivity contribution in [2.24, 2.45) is 11.7 Å². The number of amides is 1. The van der Waals surface area contributed by atoms with Crippen LogP contribution < -0.4 is 11.1 Å². The summed E-state index contributed by atoms with van der Waals surface area (Å²) in [5, 5.41) is 10.4. The third kappa shape index (κ3) is 10.1. The van der Waals surface area contributed by atoms with Gasteiger partial charge in [-0.3, -0.25) is 10.2 Å². The molecule has 2 saturated carbocycles. The molecule has 28 heavy (non-hydrogen) atoms. The lowest BCUT2D eigenvalue weighted by atomic mass is 9.90. The van der Waals surface area contributed by atoms with Gasteiger partial charge in [0.05, 0.1) is 5.54 Å². The van der Waals surface area contributed by atoms with Crippen molar-refractivity contribution in [3.05, 3.63) is 0 Å². The first-order valence-electron chi connectivity index (χ1n) is 11.4. The Morgan fingerprint density at radius 3 is 2.11 bits per heavy atom. The molecule has 164 valence electrons. The predicted octanol–water partition coefficient (Wildman–Crippen LogP) is 5.10. The summed E-state index contributed by atoms with van der Waals surface area (Å²) in [5.74, 6) is 0.990. The van der Waals surface area contributed by atoms with Crippen molar-refractivity contribution in [2.45, 2.75) is 108 Å². The lowest BCUT2D eigenvalue weighted by Crippen LogP contribution is -2.46. The molecule has 6 heteroatoms. The van der Waals surface area contributed by atoms with Gasteiger partial charge < -0.3 is 15.8 Å². The van der Waals surface area contributed by atoms with Gasteiger partial charge in [0.1, 0.15) is 5.84 Å². The molecule has 2 aliphatic rings. The van der Waals surface area contributed by atoms with Crippen LogP contribution in [0, 0.1) is 11.3 Å². The molecular formula is C22H42ClN3O2. The lowest BCUT2D eigenvalue weighted by molar-refractivity contribution is -0.121. The van der Waals surface area contributed by atoms with Crippen LogP contribution in [-0.4, -0.2) is 30.5 Å². The maximum absolute atomic E-state index is 11.9. The summed E-state index contributed by atoms with van der Waals surface area (Å²) in [4.78, 5) is 11.9. The summed E-state index contributed by atoms with van der Waals surface area (Å²) in [5.41, 5.74) is 5.05. The number of rotatable bonds is 15. The monoisotopic (exact) mass is 415 g/mol. The number of halogens is 1. The SMILES string of the molecule is Cl.N=C(N)C1(NC(=O)CCCCCCCCCCOCC2CCCCC2)CC1. The van der Waals surface area contributed by atoms with Crippen LogP contribution in [0.15, 0.2) is 0 Å². The Morgan fingerprint density at radius 1 is 0.964 bits per heavy atom. The minimum atomic E-state index is -0.489. The topological polar surface area (TPSA) is 88.2 Å². The van der Waals surface area contributed by atoms with Crippen molar-refractivity contribution < 1.29 is 9.53 Å². The van der Waals surface area contributed by atoms with E-state index in [9.17, 15) is 4.79 Å². The summed E-state index contributed by atoms with van der Waals surface area (Å²) in [6, 6.07) is 0. The average Bonchev–Trinajstić information content (AvgIpc) is 3.44. The van der Waals surface area contributed by atoms with E-state index in [2.05, 4.69) is 5.32 Å². The fraction of sp³-hybridized carbons (Fsp3) is 0.909. The number of unbranched alkanes of at least 4 members (excludes halogenated alkanes) is 7. The molecular weight excluding hydrogens is 374 g/mol. The molecule has 0 radical (unpaired) electrons. The van der Waals surface area contributed by atoms with Crippen molar-refractivity contribution in [3.63, 3.8) is 0 Å². The van der Waals surface area contributed by atoms with Gasteiger partial charge in [-0.05, 0) is 44.4 Å². The second kappa shape index (κ2) is 14.2. The van der Waals surface area contributed by atoms with Gasteiger partial charge in [-0.1, -0.05) is 57.8 Å². The summed E-state index contributed by atoms with van der Waals surface area (Å²) >= 11 is 0. The Morgan fingerprint density at radius 2 is 1.54 bits per heavy atom. The Kier molecular flexibility index (Phi) is 12.8. The number of ether oxygens (including phenoxy) is 1. The third-order valence-electron chi connectivity index (χ3n) is 6.17. The molecule has 0 aromatic carbocycles. The number of carbonyl (C=O) groups is 1. The molecule has 1 amide bonds. The minimum Gasteiger partial charge on any atom is -0.386 e. The van der Waals surface area contributed by atoms with Gasteiger partial charge in [-0.25, -0.2) is 0 Å². The second-order valence-corrected chi connectivity index (χ2v) is 8.70. The minimum absolute atomic E-state index is 0. The van der Waals surface area contributed by atoms with Gasteiger partial charge in [0.15, 0.2) is 0 Å². The number of nitrogens with one attached hydrogen (secondary N) is 2. The molecule has 0 unspecified atom stereocenters. The molecule has 2 rings (SSSR count). The van der Waals surface area contributed by atoms with E-state index < -0.39 is 5.54 Å². The maximum atomic E-state index is 11.9. The van der Waals surface area contributed by atoms with Gasteiger partial charge in [0.2, 0.25) is 5.91 Å². The van der Waals surface area contributed by atoms with Crippen molar-refractivity contribution in [1.29, 1.82) is 5.41 Å². The lowest BCUT2D eigenvalue weighted by Gasteiger charge is -2.21. The van der Waals surface area contributed by atoms with E-state index in [0.717, 1.165) is 44.8 Å². The van der Waals surface area contributed by atoms with E-state index >= 15 is 0 Å². The van der Waals surface area contributed by atoms with Gasteiger partial charge in [-0.2, -0.15) is 0 Å². The van der Waals surface area contributed by atoms with Crippen LogP contribution in [0.2, 0.25) is 0 Å². The first kappa shape index (κ1) is 25.2.